The van der Waals surface area contributed by atoms with Gasteiger partial charge in [0.15, 0.2) is 0 Å². The van der Waals surface area contributed by atoms with Crippen molar-refractivity contribution in [3.8, 4) is 0 Å². The lowest BCUT2D eigenvalue weighted by atomic mass is 9.99. The van der Waals surface area contributed by atoms with Gasteiger partial charge in [0, 0.05) is 12.1 Å². The Bertz CT molecular complexity index is 686. The third-order valence-corrected chi connectivity index (χ3v) is 3.21. The normalized spacial score (nSPS) is 10.8. The third-order valence-electron chi connectivity index (χ3n) is 3.21. The maximum Gasteiger partial charge on any atom is 0.341 e. The number of aromatic nitrogens is 1. The Hall–Kier alpha value is -2.36. The average molecular weight is 271 g/mol. The van der Waals surface area contributed by atoms with E-state index in [1.54, 1.807) is 6.07 Å². The fourth-order valence-corrected chi connectivity index (χ4v) is 2.07. The van der Waals surface area contributed by atoms with Gasteiger partial charge in [-0.25, -0.2) is 4.79 Å². The molecule has 1 aromatic heterocycles. The molecule has 20 heavy (non-hydrogen) atoms. The molecule has 0 bridgehead atoms. The summed E-state index contributed by atoms with van der Waals surface area (Å²) in [7, 11) is 0. The lowest BCUT2D eigenvalue weighted by Gasteiger charge is -2.08. The quantitative estimate of drug-likeness (QED) is 0.898. The van der Waals surface area contributed by atoms with Crippen LogP contribution >= 0.6 is 0 Å². The van der Waals surface area contributed by atoms with Gasteiger partial charge in [0.05, 0.1) is 0 Å². The van der Waals surface area contributed by atoms with Crippen molar-refractivity contribution in [2.75, 3.05) is 0 Å². The van der Waals surface area contributed by atoms with E-state index < -0.39 is 11.5 Å². The van der Waals surface area contributed by atoms with Crippen LogP contribution in [0.15, 0.2) is 41.2 Å². The Labute approximate surface area is 117 Å². The Morgan fingerprint density at radius 1 is 1.25 bits per heavy atom. The first-order valence-corrected chi connectivity index (χ1v) is 6.51. The van der Waals surface area contributed by atoms with Gasteiger partial charge in [0.1, 0.15) is 5.56 Å². The SMILES string of the molecule is CC(C)c1cccc(Cc2ccc(C(=O)O)c(=O)[nH]2)c1. The molecule has 2 N–H and O–H groups in total. The van der Waals surface area contributed by atoms with Crippen LogP contribution in [-0.2, 0) is 6.42 Å². The molecule has 0 amide bonds. The highest BCUT2D eigenvalue weighted by molar-refractivity contribution is 5.86. The highest BCUT2D eigenvalue weighted by Gasteiger charge is 2.09. The predicted octanol–water partition coefficient (Wildman–Crippen LogP) is 2.79. The molecule has 0 fully saturated rings. The van der Waals surface area contributed by atoms with Crippen LogP contribution in [0.2, 0.25) is 0 Å². The lowest BCUT2D eigenvalue weighted by Crippen LogP contribution is -2.18. The molecule has 0 unspecified atom stereocenters. The van der Waals surface area contributed by atoms with E-state index in [1.165, 1.54) is 11.6 Å². The van der Waals surface area contributed by atoms with Crippen LogP contribution in [0.25, 0.3) is 0 Å². The molecule has 0 spiro atoms. The minimum atomic E-state index is -1.21. The second-order valence-corrected chi connectivity index (χ2v) is 5.11. The number of rotatable bonds is 4. The summed E-state index contributed by atoms with van der Waals surface area (Å²) >= 11 is 0. The number of aromatic amines is 1. The highest BCUT2D eigenvalue weighted by Crippen LogP contribution is 2.17. The Morgan fingerprint density at radius 2 is 2.00 bits per heavy atom. The number of benzene rings is 1. The second kappa shape index (κ2) is 5.74. The van der Waals surface area contributed by atoms with Gasteiger partial charge in [-0.1, -0.05) is 38.1 Å². The number of hydrogen-bond donors (Lipinski definition) is 2. The molecule has 104 valence electrons. The summed E-state index contributed by atoms with van der Waals surface area (Å²) in [6, 6.07) is 11.2. The number of hydrogen-bond acceptors (Lipinski definition) is 2. The summed E-state index contributed by atoms with van der Waals surface area (Å²) in [5.41, 5.74) is 2.25. The van der Waals surface area contributed by atoms with Gasteiger partial charge < -0.3 is 10.1 Å². The van der Waals surface area contributed by atoms with Crippen molar-refractivity contribution in [3.05, 3.63) is 69.1 Å². The van der Waals surface area contributed by atoms with Crippen LogP contribution in [0.1, 0.15) is 46.9 Å². The molecular weight excluding hydrogens is 254 g/mol. The fourth-order valence-electron chi connectivity index (χ4n) is 2.07. The van der Waals surface area contributed by atoms with E-state index in [1.807, 2.05) is 12.1 Å². The smallest absolute Gasteiger partial charge is 0.341 e. The lowest BCUT2D eigenvalue weighted by molar-refractivity contribution is 0.0695. The Balaban J connectivity index is 2.26. The van der Waals surface area contributed by atoms with Gasteiger partial charge in [-0.05, 0) is 29.2 Å². The number of aromatic carboxylic acids is 1. The summed E-state index contributed by atoms with van der Waals surface area (Å²) in [5.74, 6) is -0.761. The topological polar surface area (TPSA) is 70.2 Å². The molecular formula is C16H17NO3. The van der Waals surface area contributed by atoms with Gasteiger partial charge in [0.25, 0.3) is 5.56 Å². The largest absolute Gasteiger partial charge is 0.477 e. The predicted molar refractivity (Wildman–Crippen MR) is 77.4 cm³/mol. The van der Waals surface area contributed by atoms with Crippen molar-refractivity contribution in [1.82, 2.24) is 4.98 Å². The van der Waals surface area contributed by atoms with Crippen molar-refractivity contribution < 1.29 is 9.90 Å². The first kappa shape index (κ1) is 14.1. The van der Waals surface area contributed by atoms with E-state index >= 15 is 0 Å². The minimum absolute atomic E-state index is 0.232. The molecule has 0 aliphatic carbocycles. The number of H-pyrrole nitrogens is 1. The van der Waals surface area contributed by atoms with E-state index in [4.69, 9.17) is 5.11 Å². The molecule has 1 heterocycles. The monoisotopic (exact) mass is 271 g/mol. The molecule has 0 saturated heterocycles. The average Bonchev–Trinajstić information content (AvgIpc) is 2.38. The molecule has 2 aromatic rings. The van der Waals surface area contributed by atoms with Gasteiger partial charge in [0.2, 0.25) is 0 Å². The second-order valence-electron chi connectivity index (χ2n) is 5.11. The summed E-state index contributed by atoms with van der Waals surface area (Å²) in [5, 5.41) is 8.82. The van der Waals surface area contributed by atoms with Crippen molar-refractivity contribution >= 4 is 5.97 Å². The van der Waals surface area contributed by atoms with Crippen molar-refractivity contribution in [1.29, 1.82) is 0 Å². The molecule has 0 aliphatic rings. The first-order chi connectivity index (χ1) is 9.47. The zero-order chi connectivity index (χ0) is 14.7. The van der Waals surface area contributed by atoms with E-state index in [2.05, 4.69) is 31.0 Å². The van der Waals surface area contributed by atoms with Crippen LogP contribution in [0.4, 0.5) is 0 Å². The van der Waals surface area contributed by atoms with E-state index in [-0.39, 0.29) is 5.56 Å². The first-order valence-electron chi connectivity index (χ1n) is 6.51. The summed E-state index contributed by atoms with van der Waals surface area (Å²) in [6.07, 6.45) is 0.579. The third kappa shape index (κ3) is 3.15. The van der Waals surface area contributed by atoms with E-state index in [0.717, 1.165) is 5.56 Å². The molecule has 0 aliphatic heterocycles. The summed E-state index contributed by atoms with van der Waals surface area (Å²) < 4.78 is 0. The fraction of sp³-hybridized carbons (Fsp3) is 0.250. The highest BCUT2D eigenvalue weighted by atomic mass is 16.4. The number of carbonyl (C=O) groups is 1. The molecule has 0 radical (unpaired) electrons. The van der Waals surface area contributed by atoms with Crippen molar-refractivity contribution in [2.24, 2.45) is 0 Å². The zero-order valence-corrected chi connectivity index (χ0v) is 11.5. The maximum absolute atomic E-state index is 11.6. The number of carboxylic acids is 1. The van der Waals surface area contributed by atoms with Crippen molar-refractivity contribution in [2.45, 2.75) is 26.2 Å². The number of carboxylic acid groups (broad SMARTS) is 1. The van der Waals surface area contributed by atoms with Gasteiger partial charge in [-0.15, -0.1) is 0 Å². The number of pyridine rings is 1. The standard InChI is InChI=1S/C16H17NO3/c1-10(2)12-5-3-4-11(8-12)9-13-6-7-14(16(19)20)15(18)17-13/h3-8,10H,9H2,1-2H3,(H,17,18)(H,19,20). The molecule has 1 aromatic carbocycles. The van der Waals surface area contributed by atoms with Gasteiger partial charge in [-0.2, -0.15) is 0 Å². The minimum Gasteiger partial charge on any atom is -0.477 e. The van der Waals surface area contributed by atoms with Crippen LogP contribution in [0, 0.1) is 0 Å². The zero-order valence-electron chi connectivity index (χ0n) is 11.5. The molecule has 0 atom stereocenters. The Morgan fingerprint density at radius 3 is 2.60 bits per heavy atom. The molecule has 4 nitrogen and oxygen atoms in total. The summed E-state index contributed by atoms with van der Waals surface area (Å²) in [4.78, 5) is 25.0. The van der Waals surface area contributed by atoms with Gasteiger partial charge >= 0.3 is 5.97 Å². The molecule has 4 heteroatoms. The van der Waals surface area contributed by atoms with Crippen LogP contribution < -0.4 is 5.56 Å². The molecule has 0 saturated carbocycles. The van der Waals surface area contributed by atoms with Gasteiger partial charge in [-0.3, -0.25) is 4.79 Å². The van der Waals surface area contributed by atoms with E-state index in [9.17, 15) is 9.59 Å². The van der Waals surface area contributed by atoms with E-state index in [0.29, 0.717) is 18.0 Å². The maximum atomic E-state index is 11.6. The number of nitrogens with one attached hydrogen (secondary N) is 1. The summed E-state index contributed by atoms with van der Waals surface area (Å²) in [6.45, 7) is 4.26. The Kier molecular flexibility index (Phi) is 4.03. The van der Waals surface area contributed by atoms with Crippen molar-refractivity contribution in [3.63, 3.8) is 0 Å². The van der Waals surface area contributed by atoms with Crippen LogP contribution in [0.5, 0.6) is 0 Å². The van der Waals surface area contributed by atoms with Crippen LogP contribution in [0.3, 0.4) is 0 Å². The van der Waals surface area contributed by atoms with Crippen LogP contribution in [-0.4, -0.2) is 16.1 Å². The molecule has 2 rings (SSSR count).